The van der Waals surface area contributed by atoms with E-state index >= 15 is 0 Å². The van der Waals surface area contributed by atoms with E-state index in [4.69, 9.17) is 5.11 Å². The molecule has 0 spiro atoms. The highest BCUT2D eigenvalue weighted by molar-refractivity contribution is 7.14. The van der Waals surface area contributed by atoms with Crippen LogP contribution in [0.25, 0.3) is 0 Å². The Morgan fingerprint density at radius 3 is 3.00 bits per heavy atom. The maximum absolute atomic E-state index is 11.9. The molecule has 0 atom stereocenters. The van der Waals surface area contributed by atoms with Gasteiger partial charge >= 0.3 is 12.0 Å². The molecule has 2 aromatic heterocycles. The lowest BCUT2D eigenvalue weighted by Crippen LogP contribution is -2.31. The molecular formula is C10H11N5O3S. The first-order valence-corrected chi connectivity index (χ1v) is 6.13. The van der Waals surface area contributed by atoms with Crippen LogP contribution in [-0.2, 0) is 6.54 Å². The topological polar surface area (TPSA) is 111 Å². The number of nitrogens with one attached hydrogen (secondary N) is 2. The number of aromatic carboxylic acids is 1. The zero-order valence-electron chi connectivity index (χ0n) is 9.95. The van der Waals surface area contributed by atoms with E-state index in [2.05, 4.69) is 20.5 Å². The molecule has 19 heavy (non-hydrogen) atoms. The number of amides is 2. The van der Waals surface area contributed by atoms with Crippen LogP contribution >= 0.6 is 11.3 Å². The molecule has 0 saturated heterocycles. The third-order valence-corrected chi connectivity index (χ3v) is 3.14. The van der Waals surface area contributed by atoms with Crippen molar-refractivity contribution in [2.24, 2.45) is 0 Å². The predicted octanol–water partition coefficient (Wildman–Crippen LogP) is 1.23. The lowest BCUT2D eigenvalue weighted by atomic mass is 10.3. The van der Waals surface area contributed by atoms with Crippen molar-refractivity contribution in [2.45, 2.75) is 6.54 Å². The van der Waals surface area contributed by atoms with Gasteiger partial charge in [0.15, 0.2) is 0 Å². The van der Waals surface area contributed by atoms with Crippen molar-refractivity contribution in [3.05, 3.63) is 29.2 Å². The summed E-state index contributed by atoms with van der Waals surface area (Å²) in [6, 6.07) is 1.03. The van der Waals surface area contributed by atoms with E-state index in [-0.39, 0.29) is 12.1 Å². The van der Waals surface area contributed by atoms with Gasteiger partial charge < -0.3 is 10.0 Å². The van der Waals surface area contributed by atoms with E-state index < -0.39 is 12.0 Å². The monoisotopic (exact) mass is 281 g/mol. The number of carboxylic acids is 1. The van der Waals surface area contributed by atoms with Crippen LogP contribution in [-0.4, -0.2) is 44.2 Å². The van der Waals surface area contributed by atoms with E-state index in [0.717, 1.165) is 11.3 Å². The van der Waals surface area contributed by atoms with Crippen molar-refractivity contribution < 1.29 is 14.7 Å². The smallest absolute Gasteiger partial charge is 0.338 e. The Kier molecular flexibility index (Phi) is 3.76. The fourth-order valence-electron chi connectivity index (χ4n) is 1.37. The number of nitrogens with zero attached hydrogens (tertiary/aromatic N) is 3. The Labute approximate surface area is 112 Å². The van der Waals surface area contributed by atoms with Crippen LogP contribution in [0, 0.1) is 0 Å². The SMILES string of the molecule is CN(Cc1ncn[nH]1)C(=O)Nc1sccc1C(=O)O. The second-order valence-electron chi connectivity index (χ2n) is 3.69. The van der Waals surface area contributed by atoms with Gasteiger partial charge in [-0.3, -0.25) is 10.4 Å². The van der Waals surface area contributed by atoms with E-state index in [0.29, 0.717) is 10.8 Å². The first-order valence-electron chi connectivity index (χ1n) is 5.25. The van der Waals surface area contributed by atoms with Crippen molar-refractivity contribution in [2.75, 3.05) is 12.4 Å². The number of carbonyl (C=O) groups excluding carboxylic acids is 1. The van der Waals surface area contributed by atoms with Gasteiger partial charge in [-0.05, 0) is 11.4 Å². The third kappa shape index (κ3) is 3.07. The molecule has 0 aliphatic carbocycles. The van der Waals surface area contributed by atoms with Crippen molar-refractivity contribution in [3.63, 3.8) is 0 Å². The van der Waals surface area contributed by atoms with Crippen molar-refractivity contribution in [1.82, 2.24) is 20.1 Å². The molecule has 100 valence electrons. The summed E-state index contributed by atoms with van der Waals surface area (Å²) in [7, 11) is 1.58. The normalized spacial score (nSPS) is 10.2. The second-order valence-corrected chi connectivity index (χ2v) is 4.60. The molecule has 2 aromatic rings. The average molecular weight is 281 g/mol. The van der Waals surface area contributed by atoms with Crippen LogP contribution in [0.3, 0.4) is 0 Å². The van der Waals surface area contributed by atoms with Gasteiger partial charge in [0.25, 0.3) is 0 Å². The molecule has 2 amide bonds. The maximum Gasteiger partial charge on any atom is 0.338 e. The number of urea groups is 1. The van der Waals surface area contributed by atoms with Crippen LogP contribution in [0.5, 0.6) is 0 Å². The van der Waals surface area contributed by atoms with E-state index in [1.165, 1.54) is 17.3 Å². The fraction of sp³-hybridized carbons (Fsp3) is 0.200. The molecule has 0 aliphatic heterocycles. The number of carboxylic acid groups (broad SMARTS) is 1. The highest BCUT2D eigenvalue weighted by Crippen LogP contribution is 2.23. The summed E-state index contributed by atoms with van der Waals surface area (Å²) >= 11 is 1.16. The van der Waals surface area contributed by atoms with Gasteiger partial charge in [0, 0.05) is 7.05 Å². The highest BCUT2D eigenvalue weighted by Gasteiger charge is 2.16. The summed E-state index contributed by atoms with van der Waals surface area (Å²) in [5.74, 6) is -0.531. The number of aromatic nitrogens is 3. The number of hydrogen-bond acceptors (Lipinski definition) is 5. The maximum atomic E-state index is 11.9. The molecule has 0 aliphatic rings. The van der Waals surface area contributed by atoms with Gasteiger partial charge in [-0.15, -0.1) is 11.3 Å². The summed E-state index contributed by atoms with van der Waals surface area (Å²) < 4.78 is 0. The molecule has 0 unspecified atom stereocenters. The minimum Gasteiger partial charge on any atom is -0.478 e. The molecule has 0 bridgehead atoms. The van der Waals surface area contributed by atoms with Gasteiger partial charge in [0.05, 0.1) is 12.1 Å². The Morgan fingerprint density at radius 1 is 1.58 bits per heavy atom. The molecule has 2 heterocycles. The minimum absolute atomic E-state index is 0.0754. The molecule has 0 fully saturated rings. The van der Waals surface area contributed by atoms with Crippen LogP contribution in [0.1, 0.15) is 16.2 Å². The minimum atomic E-state index is -1.07. The van der Waals surface area contributed by atoms with Crippen LogP contribution < -0.4 is 5.32 Å². The molecule has 0 saturated carbocycles. The molecule has 9 heteroatoms. The number of rotatable bonds is 4. The van der Waals surface area contributed by atoms with Crippen molar-refractivity contribution >= 4 is 28.3 Å². The quantitative estimate of drug-likeness (QED) is 0.780. The Morgan fingerprint density at radius 2 is 2.37 bits per heavy atom. The molecule has 0 radical (unpaired) electrons. The lowest BCUT2D eigenvalue weighted by molar-refractivity contribution is 0.0698. The number of H-pyrrole nitrogens is 1. The first kappa shape index (κ1) is 13.0. The van der Waals surface area contributed by atoms with E-state index in [1.807, 2.05) is 0 Å². The number of anilines is 1. The Balaban J connectivity index is 2.00. The van der Waals surface area contributed by atoms with Gasteiger partial charge in [-0.2, -0.15) is 5.10 Å². The van der Waals surface area contributed by atoms with E-state index in [9.17, 15) is 9.59 Å². The molecule has 2 rings (SSSR count). The largest absolute Gasteiger partial charge is 0.478 e. The molecule has 8 nitrogen and oxygen atoms in total. The fourth-order valence-corrected chi connectivity index (χ4v) is 2.14. The summed E-state index contributed by atoms with van der Waals surface area (Å²) in [6.07, 6.45) is 1.35. The van der Waals surface area contributed by atoms with Crippen LogP contribution in [0.15, 0.2) is 17.8 Å². The molecule has 3 N–H and O–H groups in total. The predicted molar refractivity (Wildman–Crippen MR) is 68.1 cm³/mol. The van der Waals surface area contributed by atoms with Gasteiger partial charge in [0.1, 0.15) is 17.2 Å². The highest BCUT2D eigenvalue weighted by atomic mass is 32.1. The van der Waals surface area contributed by atoms with Crippen molar-refractivity contribution in [1.29, 1.82) is 0 Å². The molecule has 0 aromatic carbocycles. The summed E-state index contributed by atoms with van der Waals surface area (Å²) in [6.45, 7) is 0.250. The second kappa shape index (κ2) is 5.48. The van der Waals surface area contributed by atoms with Crippen LogP contribution in [0.4, 0.5) is 9.80 Å². The number of carbonyl (C=O) groups is 2. The summed E-state index contributed by atoms with van der Waals surface area (Å²) in [5.41, 5.74) is 0.0754. The molecular weight excluding hydrogens is 270 g/mol. The lowest BCUT2D eigenvalue weighted by Gasteiger charge is -2.16. The van der Waals surface area contributed by atoms with Crippen molar-refractivity contribution in [3.8, 4) is 0 Å². The average Bonchev–Trinajstić information content (AvgIpc) is 2.99. The third-order valence-electron chi connectivity index (χ3n) is 2.31. The van der Waals surface area contributed by atoms with E-state index in [1.54, 1.807) is 12.4 Å². The number of aromatic amines is 1. The van der Waals surface area contributed by atoms with Gasteiger partial charge in [-0.1, -0.05) is 0 Å². The Hall–Kier alpha value is -2.42. The Bertz CT molecular complexity index is 580. The van der Waals surface area contributed by atoms with Gasteiger partial charge in [-0.25, -0.2) is 14.6 Å². The van der Waals surface area contributed by atoms with Gasteiger partial charge in [0.2, 0.25) is 0 Å². The summed E-state index contributed by atoms with van der Waals surface area (Å²) in [4.78, 5) is 28.1. The standard InChI is InChI=1S/C10H11N5O3S/c1-15(4-7-11-5-12-14-7)10(18)13-8-6(9(16)17)2-3-19-8/h2-3,5H,4H2,1H3,(H,13,18)(H,16,17)(H,11,12,14). The van der Waals surface area contributed by atoms with Crippen LogP contribution in [0.2, 0.25) is 0 Å². The first-order chi connectivity index (χ1) is 9.08. The zero-order chi connectivity index (χ0) is 13.8. The number of thiophene rings is 1. The number of hydrogen-bond donors (Lipinski definition) is 3. The zero-order valence-corrected chi connectivity index (χ0v) is 10.8. The summed E-state index contributed by atoms with van der Waals surface area (Å²) in [5, 5.41) is 19.7.